The summed E-state index contributed by atoms with van der Waals surface area (Å²) in [5.41, 5.74) is 0. The van der Waals surface area contributed by atoms with Crippen LogP contribution in [0, 0.1) is 5.82 Å². The lowest BCUT2D eigenvalue weighted by Crippen LogP contribution is -2.46. The first-order valence-electron chi connectivity index (χ1n) is 6.41. The monoisotopic (exact) mass is 269 g/mol. The Kier molecular flexibility index (Phi) is 4.89. The van der Waals surface area contributed by atoms with Crippen molar-refractivity contribution in [1.82, 2.24) is 4.90 Å². The van der Waals surface area contributed by atoms with Crippen molar-refractivity contribution < 1.29 is 9.13 Å². The fourth-order valence-corrected chi connectivity index (χ4v) is 3.31. The van der Waals surface area contributed by atoms with Gasteiger partial charge in [-0.3, -0.25) is 4.90 Å². The number of ether oxygens (including phenoxy) is 1. The third kappa shape index (κ3) is 3.62. The van der Waals surface area contributed by atoms with Crippen LogP contribution in [0.25, 0.3) is 0 Å². The van der Waals surface area contributed by atoms with E-state index in [0.29, 0.717) is 23.6 Å². The summed E-state index contributed by atoms with van der Waals surface area (Å²) < 4.78 is 18.6. The molecule has 2 unspecified atom stereocenters. The molecule has 1 aliphatic rings. The molecule has 1 fully saturated rings. The van der Waals surface area contributed by atoms with Crippen molar-refractivity contribution in [3.05, 3.63) is 30.1 Å². The molecule has 0 aliphatic carbocycles. The first-order chi connectivity index (χ1) is 8.66. The molecule has 1 heterocycles. The molecule has 2 rings (SSSR count). The molecule has 1 aliphatic heterocycles. The zero-order chi connectivity index (χ0) is 13.0. The topological polar surface area (TPSA) is 12.5 Å². The average Bonchev–Trinajstić information content (AvgIpc) is 2.35. The molecule has 0 amide bonds. The minimum absolute atomic E-state index is 0.246. The summed E-state index contributed by atoms with van der Waals surface area (Å²) in [5, 5.41) is 0.674. The van der Waals surface area contributed by atoms with Crippen LogP contribution < -0.4 is 4.74 Å². The van der Waals surface area contributed by atoms with Gasteiger partial charge in [-0.2, -0.15) is 11.8 Å². The molecule has 2 nitrogen and oxygen atoms in total. The maximum atomic E-state index is 13.0. The molecule has 0 spiro atoms. The minimum Gasteiger partial charge on any atom is -0.492 e. The Morgan fingerprint density at radius 2 is 2.28 bits per heavy atom. The predicted octanol–water partition coefficient (Wildman–Crippen LogP) is 3.03. The maximum absolute atomic E-state index is 13.0. The molecule has 100 valence electrons. The standard InChI is InChI=1S/C14H20FNOS/c1-11-12(2)18-9-7-16(11)6-8-17-14-5-3-4-13(15)10-14/h3-5,10-12H,6-9H2,1-2H3. The van der Waals surface area contributed by atoms with Gasteiger partial charge in [0.2, 0.25) is 0 Å². The number of nitrogens with zero attached hydrogens (tertiary/aromatic N) is 1. The van der Waals surface area contributed by atoms with E-state index in [9.17, 15) is 4.39 Å². The Morgan fingerprint density at radius 1 is 1.44 bits per heavy atom. The Bertz CT molecular complexity index is 388. The summed E-state index contributed by atoms with van der Waals surface area (Å²) in [6.45, 7) is 7.17. The van der Waals surface area contributed by atoms with Gasteiger partial charge < -0.3 is 4.74 Å². The second kappa shape index (κ2) is 6.43. The van der Waals surface area contributed by atoms with Crippen molar-refractivity contribution in [2.45, 2.75) is 25.1 Å². The van der Waals surface area contributed by atoms with Gasteiger partial charge in [-0.25, -0.2) is 4.39 Å². The number of benzene rings is 1. The lowest BCUT2D eigenvalue weighted by molar-refractivity contribution is 0.170. The third-order valence-electron chi connectivity index (χ3n) is 3.46. The van der Waals surface area contributed by atoms with Crippen LogP contribution in [-0.4, -0.2) is 41.6 Å². The van der Waals surface area contributed by atoms with Gasteiger partial charge in [-0.15, -0.1) is 0 Å². The van der Waals surface area contributed by atoms with Gasteiger partial charge in [0.25, 0.3) is 0 Å². The molecule has 0 N–H and O–H groups in total. The number of thioether (sulfide) groups is 1. The lowest BCUT2D eigenvalue weighted by Gasteiger charge is -2.37. The van der Waals surface area contributed by atoms with E-state index in [4.69, 9.17) is 4.74 Å². The van der Waals surface area contributed by atoms with E-state index in [2.05, 4.69) is 18.7 Å². The highest BCUT2D eigenvalue weighted by atomic mass is 32.2. The van der Waals surface area contributed by atoms with Crippen LogP contribution in [0.1, 0.15) is 13.8 Å². The van der Waals surface area contributed by atoms with E-state index < -0.39 is 0 Å². The van der Waals surface area contributed by atoms with Gasteiger partial charge in [0.1, 0.15) is 18.2 Å². The second-order valence-corrected chi connectivity index (χ2v) is 6.14. The van der Waals surface area contributed by atoms with Crippen LogP contribution in [0.3, 0.4) is 0 Å². The smallest absolute Gasteiger partial charge is 0.126 e. The second-order valence-electron chi connectivity index (χ2n) is 4.66. The first kappa shape index (κ1) is 13.7. The number of rotatable bonds is 4. The van der Waals surface area contributed by atoms with Crippen molar-refractivity contribution in [1.29, 1.82) is 0 Å². The average molecular weight is 269 g/mol. The molecule has 0 bridgehead atoms. The quantitative estimate of drug-likeness (QED) is 0.833. The summed E-state index contributed by atoms with van der Waals surface area (Å²) >= 11 is 2.03. The molecule has 0 aromatic heterocycles. The maximum Gasteiger partial charge on any atom is 0.126 e. The van der Waals surface area contributed by atoms with E-state index in [0.717, 1.165) is 13.1 Å². The van der Waals surface area contributed by atoms with E-state index in [1.54, 1.807) is 12.1 Å². The van der Waals surface area contributed by atoms with Gasteiger partial charge in [-0.1, -0.05) is 13.0 Å². The normalized spacial score (nSPS) is 25.1. The van der Waals surface area contributed by atoms with Crippen molar-refractivity contribution in [2.75, 3.05) is 25.4 Å². The van der Waals surface area contributed by atoms with Crippen molar-refractivity contribution >= 4 is 11.8 Å². The van der Waals surface area contributed by atoms with Crippen LogP contribution in [0.2, 0.25) is 0 Å². The summed E-state index contributed by atoms with van der Waals surface area (Å²) in [6, 6.07) is 6.91. The van der Waals surface area contributed by atoms with Crippen molar-refractivity contribution in [3.8, 4) is 5.75 Å². The zero-order valence-corrected chi connectivity index (χ0v) is 11.8. The van der Waals surface area contributed by atoms with Gasteiger partial charge in [0.15, 0.2) is 0 Å². The lowest BCUT2D eigenvalue weighted by atomic mass is 10.2. The van der Waals surface area contributed by atoms with E-state index in [-0.39, 0.29) is 5.82 Å². The summed E-state index contributed by atoms with van der Waals surface area (Å²) in [7, 11) is 0. The molecular formula is C14H20FNOS. The van der Waals surface area contributed by atoms with E-state index >= 15 is 0 Å². The molecular weight excluding hydrogens is 249 g/mol. The van der Waals surface area contributed by atoms with Gasteiger partial charge in [0, 0.05) is 36.2 Å². The van der Waals surface area contributed by atoms with Gasteiger partial charge >= 0.3 is 0 Å². The first-order valence-corrected chi connectivity index (χ1v) is 7.45. The fraction of sp³-hybridized carbons (Fsp3) is 0.571. The number of hydrogen-bond acceptors (Lipinski definition) is 3. The third-order valence-corrected chi connectivity index (χ3v) is 4.80. The van der Waals surface area contributed by atoms with E-state index in [1.807, 2.05) is 11.8 Å². The zero-order valence-electron chi connectivity index (χ0n) is 10.9. The van der Waals surface area contributed by atoms with Crippen LogP contribution in [0.4, 0.5) is 4.39 Å². The highest BCUT2D eigenvalue weighted by molar-refractivity contribution is 8.00. The van der Waals surface area contributed by atoms with E-state index in [1.165, 1.54) is 17.9 Å². The predicted molar refractivity (Wildman–Crippen MR) is 74.9 cm³/mol. The molecule has 2 atom stereocenters. The molecule has 1 aromatic carbocycles. The van der Waals surface area contributed by atoms with Crippen molar-refractivity contribution in [2.24, 2.45) is 0 Å². The molecule has 0 saturated carbocycles. The molecule has 4 heteroatoms. The molecule has 1 saturated heterocycles. The Hall–Kier alpha value is -0.740. The Labute approximate surface area is 113 Å². The van der Waals surface area contributed by atoms with Crippen LogP contribution >= 0.6 is 11.8 Å². The Morgan fingerprint density at radius 3 is 3.06 bits per heavy atom. The fourth-order valence-electron chi connectivity index (χ4n) is 2.15. The summed E-state index contributed by atoms with van der Waals surface area (Å²) in [6.07, 6.45) is 0. The number of hydrogen-bond donors (Lipinski definition) is 0. The van der Waals surface area contributed by atoms with Crippen LogP contribution in [-0.2, 0) is 0 Å². The highest BCUT2D eigenvalue weighted by Gasteiger charge is 2.24. The molecule has 18 heavy (non-hydrogen) atoms. The SMILES string of the molecule is CC1SCCN(CCOc2cccc(F)c2)C1C. The van der Waals surface area contributed by atoms with Crippen LogP contribution in [0.15, 0.2) is 24.3 Å². The van der Waals surface area contributed by atoms with Crippen LogP contribution in [0.5, 0.6) is 5.75 Å². The van der Waals surface area contributed by atoms with Gasteiger partial charge in [-0.05, 0) is 19.1 Å². The Balaban J connectivity index is 1.78. The largest absolute Gasteiger partial charge is 0.492 e. The van der Waals surface area contributed by atoms with Gasteiger partial charge in [0.05, 0.1) is 0 Å². The minimum atomic E-state index is -0.246. The summed E-state index contributed by atoms with van der Waals surface area (Å²) in [4.78, 5) is 2.44. The number of halogens is 1. The molecule has 0 radical (unpaired) electrons. The highest BCUT2D eigenvalue weighted by Crippen LogP contribution is 2.23. The van der Waals surface area contributed by atoms with Crippen molar-refractivity contribution in [3.63, 3.8) is 0 Å². The molecule has 1 aromatic rings. The summed E-state index contributed by atoms with van der Waals surface area (Å²) in [5.74, 6) is 1.55.